The lowest BCUT2D eigenvalue weighted by atomic mass is 10.0. The minimum absolute atomic E-state index is 0.127. The number of rotatable bonds is 6. The van der Waals surface area contributed by atoms with Crippen LogP contribution in [0.15, 0.2) is 36.9 Å². The predicted molar refractivity (Wildman–Crippen MR) is 123 cm³/mol. The molecule has 1 aromatic carbocycles. The average molecular weight is 436 g/mol. The first-order valence-corrected chi connectivity index (χ1v) is 11.0. The van der Waals surface area contributed by atoms with Gasteiger partial charge in [-0.25, -0.2) is 19.3 Å². The Morgan fingerprint density at radius 2 is 1.88 bits per heavy atom. The van der Waals surface area contributed by atoms with Gasteiger partial charge in [-0.05, 0) is 37.8 Å². The monoisotopic (exact) mass is 435 g/mol. The van der Waals surface area contributed by atoms with Gasteiger partial charge < -0.3 is 20.9 Å². The molecule has 5 rings (SSSR count). The topological polar surface area (TPSA) is 95.1 Å². The minimum Gasteiger partial charge on any atom is -0.371 e. The van der Waals surface area contributed by atoms with Crippen LogP contribution in [0.25, 0.3) is 10.9 Å². The fourth-order valence-corrected chi connectivity index (χ4v) is 4.28. The molecule has 32 heavy (non-hydrogen) atoms. The van der Waals surface area contributed by atoms with Crippen molar-refractivity contribution in [3.63, 3.8) is 0 Å². The maximum Gasteiger partial charge on any atom is 0.257 e. The van der Waals surface area contributed by atoms with E-state index >= 15 is 0 Å². The van der Waals surface area contributed by atoms with Crippen LogP contribution in [0.1, 0.15) is 36.0 Å². The minimum atomic E-state index is -0.535. The van der Waals surface area contributed by atoms with E-state index in [0.29, 0.717) is 17.1 Å². The Hall–Kier alpha value is -3.33. The van der Waals surface area contributed by atoms with Gasteiger partial charge in [-0.2, -0.15) is 0 Å². The third kappa shape index (κ3) is 4.20. The number of hydrogen-bond acceptors (Lipinski definition) is 7. The second kappa shape index (κ2) is 8.66. The standard InChI is InChI=1S/C23H26FN7O/c1-25-22-19(24)10-16(11-27-22)30-23(32)17-4-5-20(18-12-26-13-28-21(17)18)31-8-6-15(7-9-31)29-14-2-3-14/h4-5,10-15,29H,2-3,6-9H2,1H3,(H,25,27)(H,30,32). The summed E-state index contributed by atoms with van der Waals surface area (Å²) in [7, 11) is 1.59. The zero-order valence-corrected chi connectivity index (χ0v) is 17.9. The Balaban J connectivity index is 1.37. The summed E-state index contributed by atoms with van der Waals surface area (Å²) in [5.74, 6) is -0.778. The van der Waals surface area contributed by atoms with Crippen molar-refractivity contribution in [2.75, 3.05) is 35.7 Å². The second-order valence-corrected chi connectivity index (χ2v) is 8.38. The van der Waals surface area contributed by atoms with Gasteiger partial charge in [0.15, 0.2) is 11.6 Å². The van der Waals surface area contributed by atoms with Crippen LogP contribution < -0.4 is 20.9 Å². The first-order valence-electron chi connectivity index (χ1n) is 11.0. The highest BCUT2D eigenvalue weighted by molar-refractivity contribution is 6.13. The number of aromatic nitrogens is 3. The van der Waals surface area contributed by atoms with Crippen molar-refractivity contribution in [3.05, 3.63) is 48.3 Å². The van der Waals surface area contributed by atoms with E-state index in [1.165, 1.54) is 31.4 Å². The maximum atomic E-state index is 14.0. The van der Waals surface area contributed by atoms with Gasteiger partial charge in [0.05, 0.1) is 23.0 Å². The fraction of sp³-hybridized carbons (Fsp3) is 0.391. The third-order valence-corrected chi connectivity index (χ3v) is 6.12. The van der Waals surface area contributed by atoms with Gasteiger partial charge in [-0.15, -0.1) is 0 Å². The summed E-state index contributed by atoms with van der Waals surface area (Å²) in [5, 5.41) is 9.94. The summed E-state index contributed by atoms with van der Waals surface area (Å²) in [6.07, 6.45) is 9.40. The number of pyridine rings is 1. The number of carbonyl (C=O) groups excluding carboxylic acids is 1. The largest absolute Gasteiger partial charge is 0.371 e. The van der Waals surface area contributed by atoms with Crippen LogP contribution in [0, 0.1) is 5.82 Å². The number of fused-ring (bicyclic) bond motifs is 1. The summed E-state index contributed by atoms with van der Waals surface area (Å²) in [6, 6.07) is 6.27. The number of piperidine rings is 1. The number of amides is 1. The van der Waals surface area contributed by atoms with E-state index in [9.17, 15) is 9.18 Å². The molecule has 8 nitrogen and oxygen atoms in total. The lowest BCUT2D eigenvalue weighted by Crippen LogP contribution is -2.43. The van der Waals surface area contributed by atoms with Crippen LogP contribution >= 0.6 is 0 Å². The highest BCUT2D eigenvalue weighted by Crippen LogP contribution is 2.31. The molecular weight excluding hydrogens is 409 g/mol. The molecule has 1 saturated heterocycles. The highest BCUT2D eigenvalue weighted by Gasteiger charge is 2.28. The van der Waals surface area contributed by atoms with Gasteiger partial charge >= 0.3 is 0 Å². The molecule has 166 valence electrons. The lowest BCUT2D eigenvalue weighted by Gasteiger charge is -2.34. The van der Waals surface area contributed by atoms with E-state index < -0.39 is 5.82 Å². The van der Waals surface area contributed by atoms with Gasteiger partial charge in [0, 0.05) is 55.6 Å². The first-order chi connectivity index (χ1) is 15.6. The molecule has 3 heterocycles. The number of carbonyl (C=O) groups is 1. The number of nitrogens with zero attached hydrogens (tertiary/aromatic N) is 4. The molecule has 3 aromatic rings. The van der Waals surface area contributed by atoms with Crippen molar-refractivity contribution < 1.29 is 9.18 Å². The van der Waals surface area contributed by atoms with Crippen molar-refractivity contribution in [1.29, 1.82) is 0 Å². The van der Waals surface area contributed by atoms with Gasteiger partial charge in [0.25, 0.3) is 5.91 Å². The molecule has 2 aromatic heterocycles. The molecule has 0 unspecified atom stereocenters. The molecule has 1 aliphatic carbocycles. The summed E-state index contributed by atoms with van der Waals surface area (Å²) in [4.78, 5) is 27.9. The quantitative estimate of drug-likeness (QED) is 0.547. The summed E-state index contributed by atoms with van der Waals surface area (Å²) >= 11 is 0. The van der Waals surface area contributed by atoms with Crippen LogP contribution in [0.2, 0.25) is 0 Å². The first kappa shape index (κ1) is 20.6. The molecule has 0 spiro atoms. The molecule has 0 atom stereocenters. The van der Waals surface area contributed by atoms with E-state index in [4.69, 9.17) is 0 Å². The van der Waals surface area contributed by atoms with Crippen molar-refractivity contribution in [2.45, 2.75) is 37.8 Å². The molecule has 3 N–H and O–H groups in total. The molecular formula is C23H26FN7O. The van der Waals surface area contributed by atoms with Crippen molar-refractivity contribution >= 4 is 34.0 Å². The third-order valence-electron chi connectivity index (χ3n) is 6.12. The lowest BCUT2D eigenvalue weighted by molar-refractivity contribution is 0.102. The molecule has 1 saturated carbocycles. The van der Waals surface area contributed by atoms with Crippen LogP contribution in [-0.4, -0.2) is 53.1 Å². The fourth-order valence-electron chi connectivity index (χ4n) is 4.28. The molecule has 2 aliphatic rings. The average Bonchev–Trinajstić information content (AvgIpc) is 3.63. The number of hydrogen-bond donors (Lipinski definition) is 3. The maximum absolute atomic E-state index is 14.0. The highest BCUT2D eigenvalue weighted by atomic mass is 19.1. The molecule has 0 bridgehead atoms. The Bertz CT molecular complexity index is 1140. The molecule has 1 amide bonds. The molecule has 2 fully saturated rings. The summed E-state index contributed by atoms with van der Waals surface area (Å²) < 4.78 is 14.0. The summed E-state index contributed by atoms with van der Waals surface area (Å²) in [6.45, 7) is 1.89. The van der Waals surface area contributed by atoms with Crippen LogP contribution in [0.4, 0.5) is 21.6 Å². The number of anilines is 3. The van der Waals surface area contributed by atoms with Crippen LogP contribution in [0.3, 0.4) is 0 Å². The van der Waals surface area contributed by atoms with E-state index in [2.05, 4.69) is 35.8 Å². The van der Waals surface area contributed by atoms with E-state index in [-0.39, 0.29) is 17.4 Å². The Labute approximate surface area is 185 Å². The Morgan fingerprint density at radius 3 is 2.59 bits per heavy atom. The second-order valence-electron chi connectivity index (χ2n) is 8.38. The van der Waals surface area contributed by atoms with Gasteiger partial charge in [-0.3, -0.25) is 4.79 Å². The SMILES string of the molecule is CNc1ncc(NC(=O)c2ccc(N3CCC(NC4CC4)CC3)c3cncnc23)cc1F. The predicted octanol–water partition coefficient (Wildman–Crippen LogP) is 3.18. The van der Waals surface area contributed by atoms with Gasteiger partial charge in [-0.1, -0.05) is 0 Å². The van der Waals surface area contributed by atoms with Crippen LogP contribution in [-0.2, 0) is 0 Å². The van der Waals surface area contributed by atoms with Crippen molar-refractivity contribution in [2.24, 2.45) is 0 Å². The smallest absolute Gasteiger partial charge is 0.257 e. The van der Waals surface area contributed by atoms with Crippen molar-refractivity contribution in [3.8, 4) is 0 Å². The Kier molecular flexibility index (Phi) is 5.57. The zero-order chi connectivity index (χ0) is 22.1. The van der Waals surface area contributed by atoms with E-state index in [1.54, 1.807) is 19.3 Å². The number of halogens is 1. The number of nitrogens with one attached hydrogen (secondary N) is 3. The molecule has 0 radical (unpaired) electrons. The number of benzene rings is 1. The van der Waals surface area contributed by atoms with Crippen molar-refractivity contribution in [1.82, 2.24) is 20.3 Å². The molecule has 1 aliphatic heterocycles. The van der Waals surface area contributed by atoms with E-state index in [0.717, 1.165) is 43.0 Å². The molecule has 9 heteroatoms. The van der Waals surface area contributed by atoms with E-state index in [1.807, 2.05) is 6.07 Å². The van der Waals surface area contributed by atoms with Crippen LogP contribution in [0.5, 0.6) is 0 Å². The van der Waals surface area contributed by atoms with Gasteiger partial charge in [0.2, 0.25) is 0 Å². The van der Waals surface area contributed by atoms with Gasteiger partial charge in [0.1, 0.15) is 6.33 Å². The summed E-state index contributed by atoms with van der Waals surface area (Å²) in [5.41, 5.74) is 2.30. The zero-order valence-electron chi connectivity index (χ0n) is 17.9. The normalized spacial score (nSPS) is 16.9. The Morgan fingerprint density at radius 1 is 1.09 bits per heavy atom.